The zero-order valence-electron chi connectivity index (χ0n) is 29.6. The topological polar surface area (TPSA) is 173 Å². The van der Waals surface area contributed by atoms with Gasteiger partial charge in [0, 0.05) is 12.3 Å². The number of hydrogen-bond acceptors (Lipinski definition) is 9. The average molecular weight is 726 g/mol. The molecule has 1 aromatic rings. The molecular formula is C37H51N5O8S. The van der Waals surface area contributed by atoms with Crippen molar-refractivity contribution in [3.63, 3.8) is 0 Å². The van der Waals surface area contributed by atoms with E-state index in [-0.39, 0.29) is 31.4 Å². The maximum absolute atomic E-state index is 14.4. The van der Waals surface area contributed by atoms with Gasteiger partial charge in [0.1, 0.15) is 29.8 Å². The molecule has 1 unspecified atom stereocenters. The zero-order chi connectivity index (χ0) is 36.2. The molecule has 0 radical (unpaired) electrons. The van der Waals surface area contributed by atoms with Gasteiger partial charge >= 0.3 is 6.09 Å². The summed E-state index contributed by atoms with van der Waals surface area (Å²) in [6, 6.07) is 7.67. The lowest BCUT2D eigenvalue weighted by molar-refractivity contribution is -0.141. The van der Waals surface area contributed by atoms with Crippen molar-refractivity contribution in [1.82, 2.24) is 20.3 Å². The van der Waals surface area contributed by atoms with Gasteiger partial charge in [-0.2, -0.15) is 0 Å². The van der Waals surface area contributed by atoms with Gasteiger partial charge in [0.15, 0.2) is 0 Å². The highest BCUT2D eigenvalue weighted by Crippen LogP contribution is 2.46. The number of sulfonamides is 1. The molecule has 14 heteroatoms. The Morgan fingerprint density at radius 3 is 2.47 bits per heavy atom. The summed E-state index contributed by atoms with van der Waals surface area (Å²) < 4.78 is 33.3. The van der Waals surface area contributed by atoms with Crippen molar-refractivity contribution in [3.8, 4) is 0 Å². The van der Waals surface area contributed by atoms with Crippen LogP contribution in [0.5, 0.6) is 0 Å². The molecule has 278 valence electrons. The minimum Gasteiger partial charge on any atom is -0.446 e. The summed E-state index contributed by atoms with van der Waals surface area (Å²) >= 11 is 0. The van der Waals surface area contributed by atoms with Crippen LogP contribution in [0.2, 0.25) is 0 Å². The van der Waals surface area contributed by atoms with Crippen LogP contribution < -0.4 is 15.4 Å². The summed E-state index contributed by atoms with van der Waals surface area (Å²) in [6.07, 6.45) is 10.2. The highest BCUT2D eigenvalue weighted by atomic mass is 32.2. The van der Waals surface area contributed by atoms with Crippen molar-refractivity contribution < 1.29 is 37.2 Å². The number of alkyl carbamates (subject to hydrolysis) is 1. The Morgan fingerprint density at radius 1 is 1.02 bits per heavy atom. The van der Waals surface area contributed by atoms with Crippen LogP contribution in [0.25, 0.3) is 0 Å². The van der Waals surface area contributed by atoms with E-state index in [2.05, 4.69) is 34.4 Å². The number of rotatable bonds is 10. The summed E-state index contributed by atoms with van der Waals surface area (Å²) in [5.41, 5.74) is 0.178. The van der Waals surface area contributed by atoms with E-state index in [0.717, 1.165) is 43.4 Å². The Balaban J connectivity index is 1.27. The number of fused-ring (bicyclic) bond motifs is 2. The molecule has 3 aliphatic carbocycles. The molecule has 0 bridgehead atoms. The third-order valence-electron chi connectivity index (χ3n) is 10.5. The third-order valence-corrected chi connectivity index (χ3v) is 12.3. The van der Waals surface area contributed by atoms with E-state index in [1.165, 1.54) is 4.90 Å². The molecule has 1 aromatic carbocycles. The zero-order valence-corrected chi connectivity index (χ0v) is 30.4. The highest BCUT2D eigenvalue weighted by Gasteiger charge is 2.62. The molecule has 2 aliphatic heterocycles. The van der Waals surface area contributed by atoms with Crippen LogP contribution in [0.3, 0.4) is 0 Å². The molecule has 6 rings (SSSR count). The standard InChI is InChI=1S/C37H51N5O8S/c1-24(2)20-31(25-12-7-6-8-13-25)40-50-28-21-32-33(43)39-37(35(45)41-51(47,48)29-18-19-29)22-26(37)14-9-4-3-5-10-17-30(34(44)42(32)23-28)38-36(46)49-27-15-11-16-27/h6-9,12-14,24,26-30,32H,3-5,10-11,15-23H2,1-2H3,(H,38,46)(H,39,43)(H,41,45)/b14-9-,40-31+/t26?,28-,30+,32+,37-/m1/s1. The van der Waals surface area contributed by atoms with Crippen molar-refractivity contribution in [2.75, 3.05) is 6.54 Å². The maximum Gasteiger partial charge on any atom is 0.408 e. The van der Waals surface area contributed by atoms with Gasteiger partial charge in [-0.15, -0.1) is 0 Å². The number of amides is 4. The predicted molar refractivity (Wildman–Crippen MR) is 190 cm³/mol. The molecule has 3 N–H and O–H groups in total. The second-order valence-corrected chi connectivity index (χ2v) is 17.1. The van der Waals surface area contributed by atoms with Gasteiger partial charge < -0.3 is 25.1 Å². The van der Waals surface area contributed by atoms with E-state index >= 15 is 0 Å². The monoisotopic (exact) mass is 725 g/mol. The van der Waals surface area contributed by atoms with E-state index in [1.807, 2.05) is 42.5 Å². The van der Waals surface area contributed by atoms with E-state index in [1.54, 1.807) is 0 Å². The number of nitrogens with zero attached hydrogens (tertiary/aromatic N) is 2. The minimum absolute atomic E-state index is 0.0264. The van der Waals surface area contributed by atoms with Gasteiger partial charge in [-0.25, -0.2) is 13.2 Å². The van der Waals surface area contributed by atoms with Crippen molar-refractivity contribution in [1.29, 1.82) is 0 Å². The quantitative estimate of drug-likeness (QED) is 0.184. The summed E-state index contributed by atoms with van der Waals surface area (Å²) in [4.78, 5) is 62.6. The summed E-state index contributed by atoms with van der Waals surface area (Å²) in [6.45, 7) is 4.19. The van der Waals surface area contributed by atoms with Crippen LogP contribution in [0.1, 0.15) is 103 Å². The first kappa shape index (κ1) is 36.8. The fourth-order valence-corrected chi connectivity index (χ4v) is 8.38. The summed E-state index contributed by atoms with van der Waals surface area (Å²) in [5, 5.41) is 9.59. The van der Waals surface area contributed by atoms with Crippen LogP contribution in [-0.4, -0.2) is 84.5 Å². The summed E-state index contributed by atoms with van der Waals surface area (Å²) in [7, 11) is -3.86. The van der Waals surface area contributed by atoms with Gasteiger partial charge in [-0.3, -0.25) is 19.1 Å². The van der Waals surface area contributed by atoms with E-state index in [4.69, 9.17) is 9.57 Å². The molecule has 13 nitrogen and oxygen atoms in total. The number of carbonyl (C=O) groups excluding carboxylic acids is 4. The lowest BCUT2D eigenvalue weighted by atomic mass is 9.96. The molecule has 51 heavy (non-hydrogen) atoms. The van der Waals surface area contributed by atoms with Gasteiger partial charge in [0.2, 0.25) is 21.8 Å². The minimum atomic E-state index is -3.86. The van der Waals surface area contributed by atoms with Crippen molar-refractivity contribution in [2.45, 2.75) is 132 Å². The van der Waals surface area contributed by atoms with Crippen LogP contribution >= 0.6 is 0 Å². The summed E-state index contributed by atoms with van der Waals surface area (Å²) in [5.74, 6) is -1.92. The number of ether oxygens (including phenoxy) is 1. The highest BCUT2D eigenvalue weighted by molar-refractivity contribution is 7.91. The first-order chi connectivity index (χ1) is 24.4. The van der Waals surface area contributed by atoms with Crippen LogP contribution in [0.15, 0.2) is 47.6 Å². The normalized spacial score (nSPS) is 29.7. The van der Waals surface area contributed by atoms with Crippen LogP contribution in [0.4, 0.5) is 4.79 Å². The molecule has 5 atom stereocenters. The van der Waals surface area contributed by atoms with Gasteiger partial charge in [-0.05, 0) is 75.7 Å². The lowest BCUT2D eigenvalue weighted by Gasteiger charge is -2.30. The Labute approximate surface area is 300 Å². The molecule has 0 aromatic heterocycles. The van der Waals surface area contributed by atoms with Gasteiger partial charge in [-0.1, -0.05) is 74.3 Å². The second-order valence-electron chi connectivity index (χ2n) is 15.1. The van der Waals surface area contributed by atoms with Crippen LogP contribution in [-0.2, 0) is 34.0 Å². The molecule has 4 fully saturated rings. The fourth-order valence-electron chi connectivity index (χ4n) is 7.02. The molecular weight excluding hydrogens is 675 g/mol. The Morgan fingerprint density at radius 2 is 1.78 bits per heavy atom. The number of nitrogens with one attached hydrogen (secondary N) is 3. The van der Waals surface area contributed by atoms with Crippen LogP contribution in [0, 0.1) is 11.8 Å². The second kappa shape index (κ2) is 15.7. The van der Waals surface area contributed by atoms with Crippen molar-refractivity contribution in [2.24, 2.45) is 17.0 Å². The largest absolute Gasteiger partial charge is 0.446 e. The Kier molecular flexibility index (Phi) is 11.4. The SMILES string of the molecule is CC(C)C/C(=N\O[C@@H]1C[C@H]2C(=O)N[C@]3(C(=O)NS(=O)(=O)C4CC4)CC3/C=C\CCCCC[C@H](NC(=O)OC3CCC3)C(=O)N2C1)c1ccccc1. The first-order valence-corrected chi connectivity index (χ1v) is 20.1. The number of carbonyl (C=O) groups is 4. The number of hydrogen-bond donors (Lipinski definition) is 3. The van der Waals surface area contributed by atoms with E-state index in [0.29, 0.717) is 38.5 Å². The average Bonchev–Trinajstić information content (AvgIpc) is 4.00. The third kappa shape index (κ3) is 9.11. The molecule has 4 amide bonds. The van der Waals surface area contributed by atoms with Gasteiger partial charge in [0.25, 0.3) is 5.91 Å². The van der Waals surface area contributed by atoms with Crippen molar-refractivity contribution >= 4 is 39.5 Å². The molecule has 3 saturated carbocycles. The molecule has 5 aliphatic rings. The van der Waals surface area contributed by atoms with Crippen molar-refractivity contribution in [3.05, 3.63) is 48.0 Å². The Hall–Kier alpha value is -3.94. The number of allylic oxidation sites excluding steroid dienone is 1. The Bertz CT molecular complexity index is 1620. The van der Waals surface area contributed by atoms with Gasteiger partial charge in [0.05, 0.1) is 17.5 Å². The molecule has 1 saturated heterocycles. The number of oxime groups is 1. The fraction of sp³-hybridized carbons (Fsp3) is 0.649. The smallest absolute Gasteiger partial charge is 0.408 e. The molecule has 0 spiro atoms. The molecule has 2 heterocycles. The maximum atomic E-state index is 14.4. The van der Waals surface area contributed by atoms with E-state index < -0.39 is 68.7 Å². The predicted octanol–water partition coefficient (Wildman–Crippen LogP) is 4.07. The lowest BCUT2D eigenvalue weighted by Crippen LogP contribution is -2.58. The first-order valence-electron chi connectivity index (χ1n) is 18.6. The number of benzene rings is 1. The van der Waals surface area contributed by atoms with E-state index in [9.17, 15) is 27.6 Å².